The minimum Gasteiger partial charge on any atom is -0.497 e. The fraction of sp³-hybridized carbons (Fsp3) is 0.0417. The number of ether oxygens (including phenoxy) is 3. The molecule has 154 valence electrons. The zero-order chi connectivity index (χ0) is 21.8. The van der Waals surface area contributed by atoms with Crippen LogP contribution in [0.1, 0.15) is 21.5 Å². The molecule has 1 heterocycles. The van der Waals surface area contributed by atoms with Crippen molar-refractivity contribution in [2.45, 2.75) is 0 Å². The first-order valence-corrected chi connectivity index (χ1v) is 9.65. The minimum atomic E-state index is -0.566. The molecule has 0 radical (unpaired) electrons. The van der Waals surface area contributed by atoms with Gasteiger partial charge in [0.2, 0.25) is 5.90 Å². The molecule has 3 aromatic rings. The SMILES string of the molecule is COc1cccc(C(=O)Oc2ccc(/C=C3\N=C(c4ccccc4Cl)OC3=O)cc2)c1. The van der Waals surface area contributed by atoms with E-state index in [4.69, 9.17) is 25.8 Å². The van der Waals surface area contributed by atoms with Crippen molar-refractivity contribution in [1.82, 2.24) is 0 Å². The van der Waals surface area contributed by atoms with E-state index >= 15 is 0 Å². The Hall–Kier alpha value is -3.90. The zero-order valence-electron chi connectivity index (χ0n) is 16.4. The van der Waals surface area contributed by atoms with E-state index in [1.165, 1.54) is 7.11 Å². The number of hydrogen-bond donors (Lipinski definition) is 0. The Labute approximate surface area is 183 Å². The number of benzene rings is 3. The van der Waals surface area contributed by atoms with Crippen molar-refractivity contribution >= 4 is 35.5 Å². The molecule has 0 atom stereocenters. The summed E-state index contributed by atoms with van der Waals surface area (Å²) >= 11 is 6.14. The number of methoxy groups -OCH3 is 1. The van der Waals surface area contributed by atoms with Gasteiger partial charge in [0.15, 0.2) is 5.70 Å². The molecule has 0 spiro atoms. The lowest BCUT2D eigenvalue weighted by Gasteiger charge is -2.06. The van der Waals surface area contributed by atoms with Crippen molar-refractivity contribution in [2.24, 2.45) is 4.99 Å². The van der Waals surface area contributed by atoms with Crippen LogP contribution in [-0.4, -0.2) is 24.9 Å². The van der Waals surface area contributed by atoms with Crippen molar-refractivity contribution in [3.05, 3.63) is 100 Å². The molecule has 6 nitrogen and oxygen atoms in total. The molecule has 0 N–H and O–H groups in total. The molecule has 0 aliphatic carbocycles. The van der Waals surface area contributed by atoms with Gasteiger partial charge in [0, 0.05) is 0 Å². The first-order chi connectivity index (χ1) is 15.0. The number of cyclic esters (lactones) is 1. The van der Waals surface area contributed by atoms with E-state index in [2.05, 4.69) is 4.99 Å². The third kappa shape index (κ3) is 4.65. The molecular weight excluding hydrogens is 418 g/mol. The van der Waals surface area contributed by atoms with Gasteiger partial charge in [-0.25, -0.2) is 14.6 Å². The molecule has 0 unspecified atom stereocenters. The fourth-order valence-electron chi connectivity index (χ4n) is 2.86. The van der Waals surface area contributed by atoms with Crippen LogP contribution in [0.25, 0.3) is 6.08 Å². The molecule has 1 aliphatic rings. The molecular formula is C24H16ClNO5. The van der Waals surface area contributed by atoms with E-state index in [1.807, 2.05) is 0 Å². The van der Waals surface area contributed by atoms with E-state index < -0.39 is 11.9 Å². The van der Waals surface area contributed by atoms with Gasteiger partial charge in [-0.2, -0.15) is 0 Å². The van der Waals surface area contributed by atoms with Crippen LogP contribution in [0.15, 0.2) is 83.5 Å². The molecule has 31 heavy (non-hydrogen) atoms. The number of carbonyl (C=O) groups excluding carboxylic acids is 2. The van der Waals surface area contributed by atoms with Gasteiger partial charge in [-0.05, 0) is 54.1 Å². The summed E-state index contributed by atoms with van der Waals surface area (Å²) in [5, 5.41) is 0.442. The van der Waals surface area contributed by atoms with Crippen LogP contribution in [0.2, 0.25) is 5.02 Å². The zero-order valence-corrected chi connectivity index (χ0v) is 17.1. The van der Waals surface area contributed by atoms with Crippen LogP contribution >= 0.6 is 11.6 Å². The minimum absolute atomic E-state index is 0.149. The van der Waals surface area contributed by atoms with Crippen LogP contribution in [0.3, 0.4) is 0 Å². The maximum Gasteiger partial charge on any atom is 0.363 e. The van der Waals surface area contributed by atoms with Crippen LogP contribution in [0, 0.1) is 0 Å². The Morgan fingerprint density at radius 2 is 1.77 bits per heavy atom. The van der Waals surface area contributed by atoms with E-state index in [-0.39, 0.29) is 11.6 Å². The normalized spacial score (nSPS) is 14.2. The van der Waals surface area contributed by atoms with Gasteiger partial charge >= 0.3 is 11.9 Å². The molecule has 3 aromatic carbocycles. The summed E-state index contributed by atoms with van der Waals surface area (Å²) in [7, 11) is 1.53. The Bertz CT molecular complexity index is 1210. The highest BCUT2D eigenvalue weighted by atomic mass is 35.5. The highest BCUT2D eigenvalue weighted by Gasteiger charge is 2.25. The van der Waals surface area contributed by atoms with Crippen LogP contribution < -0.4 is 9.47 Å². The molecule has 0 saturated heterocycles. The summed E-state index contributed by atoms with van der Waals surface area (Å²) in [5.41, 5.74) is 1.76. The monoisotopic (exact) mass is 433 g/mol. The number of carbonyl (C=O) groups is 2. The lowest BCUT2D eigenvalue weighted by atomic mass is 10.2. The second-order valence-corrected chi connectivity index (χ2v) is 6.91. The van der Waals surface area contributed by atoms with Crippen molar-refractivity contribution in [3.63, 3.8) is 0 Å². The van der Waals surface area contributed by atoms with E-state index in [0.717, 1.165) is 0 Å². The van der Waals surface area contributed by atoms with Crippen LogP contribution in [0.4, 0.5) is 0 Å². The molecule has 0 aromatic heterocycles. The lowest BCUT2D eigenvalue weighted by molar-refractivity contribution is -0.129. The molecule has 0 bridgehead atoms. The third-order valence-corrected chi connectivity index (χ3v) is 4.75. The Morgan fingerprint density at radius 1 is 1.00 bits per heavy atom. The van der Waals surface area contributed by atoms with Gasteiger partial charge in [0.1, 0.15) is 11.5 Å². The topological polar surface area (TPSA) is 74.2 Å². The van der Waals surface area contributed by atoms with E-state index in [0.29, 0.717) is 33.2 Å². The molecule has 1 aliphatic heterocycles. The quantitative estimate of drug-likeness (QED) is 0.324. The van der Waals surface area contributed by atoms with Gasteiger partial charge in [-0.3, -0.25) is 0 Å². The Morgan fingerprint density at radius 3 is 2.52 bits per heavy atom. The Kier molecular flexibility index (Phi) is 5.82. The highest BCUT2D eigenvalue weighted by molar-refractivity contribution is 6.34. The second kappa shape index (κ2) is 8.85. The van der Waals surface area contributed by atoms with Crippen LogP contribution in [-0.2, 0) is 9.53 Å². The van der Waals surface area contributed by atoms with E-state index in [9.17, 15) is 9.59 Å². The van der Waals surface area contributed by atoms with Gasteiger partial charge in [0.05, 0.1) is 23.3 Å². The number of aliphatic imine (C=N–C) groups is 1. The summed E-state index contributed by atoms with van der Waals surface area (Å²) < 4.78 is 15.7. The van der Waals surface area contributed by atoms with Crippen molar-refractivity contribution < 1.29 is 23.8 Å². The predicted octanol–water partition coefficient (Wildman–Crippen LogP) is 4.91. The maximum absolute atomic E-state index is 12.3. The van der Waals surface area contributed by atoms with Crippen molar-refractivity contribution in [2.75, 3.05) is 7.11 Å². The standard InChI is InChI=1S/C24H16ClNO5/c1-29-18-6-4-5-16(14-18)23(27)30-17-11-9-15(10-12-17)13-21-24(28)31-22(26-21)19-7-2-3-8-20(19)25/h2-14H,1H3/b21-13-. The summed E-state index contributed by atoms with van der Waals surface area (Å²) in [6, 6.07) is 20.3. The smallest absolute Gasteiger partial charge is 0.363 e. The Balaban J connectivity index is 1.49. The molecule has 7 heteroatoms. The van der Waals surface area contributed by atoms with Gasteiger partial charge in [-0.1, -0.05) is 41.9 Å². The predicted molar refractivity (Wildman–Crippen MR) is 116 cm³/mol. The lowest BCUT2D eigenvalue weighted by Crippen LogP contribution is -2.08. The average Bonchev–Trinajstić information content (AvgIpc) is 3.15. The molecule has 0 saturated carbocycles. The molecule has 0 fully saturated rings. The van der Waals surface area contributed by atoms with Crippen LogP contribution in [0.5, 0.6) is 11.5 Å². The number of esters is 2. The van der Waals surface area contributed by atoms with Gasteiger partial charge in [0.25, 0.3) is 0 Å². The van der Waals surface area contributed by atoms with Gasteiger partial charge < -0.3 is 14.2 Å². The summed E-state index contributed by atoms with van der Waals surface area (Å²) in [6.07, 6.45) is 1.58. The summed E-state index contributed by atoms with van der Waals surface area (Å²) in [5.74, 6) is 0.0216. The van der Waals surface area contributed by atoms with Crippen molar-refractivity contribution in [3.8, 4) is 11.5 Å². The number of halogens is 1. The van der Waals surface area contributed by atoms with Crippen molar-refractivity contribution in [1.29, 1.82) is 0 Å². The molecule has 4 rings (SSSR count). The third-order valence-electron chi connectivity index (χ3n) is 4.42. The molecule has 0 amide bonds. The summed E-state index contributed by atoms with van der Waals surface area (Å²) in [4.78, 5) is 28.7. The first-order valence-electron chi connectivity index (χ1n) is 9.27. The average molecular weight is 434 g/mol. The first kappa shape index (κ1) is 20.4. The largest absolute Gasteiger partial charge is 0.497 e. The number of hydrogen-bond acceptors (Lipinski definition) is 6. The number of nitrogens with zero attached hydrogens (tertiary/aromatic N) is 1. The summed E-state index contributed by atoms with van der Waals surface area (Å²) in [6.45, 7) is 0. The highest BCUT2D eigenvalue weighted by Crippen LogP contribution is 2.24. The fourth-order valence-corrected chi connectivity index (χ4v) is 3.08. The maximum atomic E-state index is 12.3. The van der Waals surface area contributed by atoms with E-state index in [1.54, 1.807) is 78.9 Å². The second-order valence-electron chi connectivity index (χ2n) is 6.51. The number of rotatable bonds is 5. The van der Waals surface area contributed by atoms with Gasteiger partial charge in [-0.15, -0.1) is 0 Å².